The van der Waals surface area contributed by atoms with E-state index in [2.05, 4.69) is 34.0 Å². The second kappa shape index (κ2) is 4.64. The molecule has 0 spiro atoms. The lowest BCUT2D eigenvalue weighted by atomic mass is 9.79. The van der Waals surface area contributed by atoms with Gasteiger partial charge in [0.1, 0.15) is 6.17 Å². The summed E-state index contributed by atoms with van der Waals surface area (Å²) in [4.78, 5) is 0. The second-order valence-electron chi connectivity index (χ2n) is 5.97. The quantitative estimate of drug-likeness (QED) is 0.766. The molecular formula is C16H20N3. The van der Waals surface area contributed by atoms with Crippen molar-refractivity contribution in [2.75, 3.05) is 0 Å². The zero-order valence-corrected chi connectivity index (χ0v) is 11.2. The summed E-state index contributed by atoms with van der Waals surface area (Å²) in [5.74, 6) is 0.854. The molecule has 2 aromatic rings. The average molecular weight is 254 g/mol. The van der Waals surface area contributed by atoms with Crippen LogP contribution in [0.1, 0.15) is 44.7 Å². The monoisotopic (exact) mass is 254 g/mol. The van der Waals surface area contributed by atoms with Gasteiger partial charge in [0.05, 0.1) is 11.7 Å². The first kappa shape index (κ1) is 11.5. The SMILES string of the molecule is c1ccc2c(c1)cnn2C1CCC2CCCCC2[N]1. The van der Waals surface area contributed by atoms with Crippen LogP contribution < -0.4 is 5.32 Å². The first-order valence-corrected chi connectivity index (χ1v) is 7.54. The van der Waals surface area contributed by atoms with E-state index in [0.29, 0.717) is 6.04 Å². The number of piperidine rings is 1. The van der Waals surface area contributed by atoms with Crippen molar-refractivity contribution in [1.29, 1.82) is 0 Å². The molecule has 3 heteroatoms. The van der Waals surface area contributed by atoms with Gasteiger partial charge in [-0.25, -0.2) is 10.00 Å². The molecule has 1 aliphatic carbocycles. The van der Waals surface area contributed by atoms with Crippen molar-refractivity contribution in [3.05, 3.63) is 30.5 Å². The highest BCUT2D eigenvalue weighted by Gasteiger charge is 2.34. The van der Waals surface area contributed by atoms with Gasteiger partial charge in [-0.1, -0.05) is 31.0 Å². The van der Waals surface area contributed by atoms with Crippen molar-refractivity contribution in [1.82, 2.24) is 15.1 Å². The van der Waals surface area contributed by atoms with Crippen LogP contribution in [0.5, 0.6) is 0 Å². The summed E-state index contributed by atoms with van der Waals surface area (Å²) >= 11 is 0. The fraction of sp³-hybridized carbons (Fsp3) is 0.562. The zero-order chi connectivity index (χ0) is 12.7. The highest BCUT2D eigenvalue weighted by atomic mass is 15.4. The minimum absolute atomic E-state index is 0.263. The number of para-hydroxylation sites is 1. The summed E-state index contributed by atoms with van der Waals surface area (Å²) in [6.07, 6.45) is 10.2. The van der Waals surface area contributed by atoms with E-state index >= 15 is 0 Å². The number of benzene rings is 1. The van der Waals surface area contributed by atoms with Gasteiger partial charge in [-0.3, -0.25) is 0 Å². The van der Waals surface area contributed by atoms with Crippen LogP contribution in [-0.2, 0) is 0 Å². The van der Waals surface area contributed by atoms with E-state index in [4.69, 9.17) is 5.32 Å². The van der Waals surface area contributed by atoms with Crippen LogP contribution >= 0.6 is 0 Å². The number of aromatic nitrogens is 2. The molecular weight excluding hydrogens is 234 g/mol. The van der Waals surface area contributed by atoms with Gasteiger partial charge in [0.25, 0.3) is 0 Å². The molecule has 2 heterocycles. The topological polar surface area (TPSA) is 31.9 Å². The number of hydrogen-bond acceptors (Lipinski definition) is 1. The molecule has 0 amide bonds. The molecule has 0 N–H and O–H groups in total. The Morgan fingerprint density at radius 1 is 1.00 bits per heavy atom. The Morgan fingerprint density at radius 3 is 2.89 bits per heavy atom. The second-order valence-corrected chi connectivity index (χ2v) is 5.97. The Labute approximate surface area is 114 Å². The first-order valence-electron chi connectivity index (χ1n) is 7.54. The van der Waals surface area contributed by atoms with E-state index in [-0.39, 0.29) is 6.17 Å². The third-order valence-electron chi connectivity index (χ3n) is 4.82. The summed E-state index contributed by atoms with van der Waals surface area (Å²) in [6, 6.07) is 9.04. The number of rotatable bonds is 1. The van der Waals surface area contributed by atoms with Gasteiger partial charge in [-0.05, 0) is 37.7 Å². The summed E-state index contributed by atoms with van der Waals surface area (Å²) in [5, 5.41) is 10.9. The van der Waals surface area contributed by atoms with Crippen molar-refractivity contribution in [2.24, 2.45) is 5.92 Å². The molecule has 2 fully saturated rings. The lowest BCUT2D eigenvalue weighted by Gasteiger charge is -2.39. The number of nitrogens with zero attached hydrogens (tertiary/aromatic N) is 3. The van der Waals surface area contributed by atoms with Gasteiger partial charge >= 0.3 is 0 Å². The molecule has 19 heavy (non-hydrogen) atoms. The van der Waals surface area contributed by atoms with Crippen LogP contribution in [0.25, 0.3) is 10.9 Å². The molecule has 1 saturated carbocycles. The highest BCUT2D eigenvalue weighted by Crippen LogP contribution is 2.36. The maximum atomic E-state index is 5.10. The Bertz CT molecular complexity index is 574. The normalized spacial score (nSPS) is 31.3. The third-order valence-corrected chi connectivity index (χ3v) is 4.82. The third kappa shape index (κ3) is 1.96. The van der Waals surface area contributed by atoms with Crippen LogP contribution in [0.3, 0.4) is 0 Å². The Kier molecular flexibility index (Phi) is 2.80. The lowest BCUT2D eigenvalue weighted by molar-refractivity contribution is 0.136. The van der Waals surface area contributed by atoms with Gasteiger partial charge in [0, 0.05) is 11.4 Å². The predicted molar refractivity (Wildman–Crippen MR) is 75.9 cm³/mol. The van der Waals surface area contributed by atoms with Crippen molar-refractivity contribution < 1.29 is 0 Å². The van der Waals surface area contributed by atoms with Crippen LogP contribution in [0.2, 0.25) is 0 Å². The van der Waals surface area contributed by atoms with E-state index in [0.717, 1.165) is 12.3 Å². The van der Waals surface area contributed by atoms with Crippen molar-refractivity contribution >= 4 is 10.9 Å². The van der Waals surface area contributed by atoms with Gasteiger partial charge in [-0.2, -0.15) is 5.10 Å². The average Bonchev–Trinajstić information content (AvgIpc) is 2.91. The molecule has 2 aliphatic rings. The summed E-state index contributed by atoms with van der Waals surface area (Å²) in [5.41, 5.74) is 1.23. The van der Waals surface area contributed by atoms with Gasteiger partial charge in [-0.15, -0.1) is 0 Å². The maximum absolute atomic E-state index is 5.10. The Hall–Kier alpha value is -1.35. The van der Waals surface area contributed by atoms with E-state index < -0.39 is 0 Å². The van der Waals surface area contributed by atoms with E-state index in [9.17, 15) is 0 Å². The summed E-state index contributed by atoms with van der Waals surface area (Å²) < 4.78 is 2.14. The number of fused-ring (bicyclic) bond motifs is 2. The molecule has 3 nitrogen and oxygen atoms in total. The minimum atomic E-state index is 0.263. The fourth-order valence-corrected chi connectivity index (χ4v) is 3.79. The van der Waals surface area contributed by atoms with Crippen molar-refractivity contribution in [2.45, 2.75) is 50.7 Å². The lowest BCUT2D eigenvalue weighted by Crippen LogP contribution is -2.42. The van der Waals surface area contributed by atoms with E-state index in [1.165, 1.54) is 43.0 Å². The molecule has 3 atom stereocenters. The van der Waals surface area contributed by atoms with Crippen LogP contribution in [0.4, 0.5) is 0 Å². The smallest absolute Gasteiger partial charge is 0.118 e. The molecule has 99 valence electrons. The van der Waals surface area contributed by atoms with Crippen LogP contribution in [-0.4, -0.2) is 15.8 Å². The Balaban J connectivity index is 1.62. The standard InChI is InChI=1S/C16H20N3/c1-3-7-14-12(5-1)9-10-16(18-14)19-15-8-4-2-6-13(15)11-17-19/h2,4,6,8,11-12,14,16H,1,3,5,7,9-10H2. The molecule has 1 radical (unpaired) electrons. The molecule has 4 rings (SSSR count). The fourth-order valence-electron chi connectivity index (χ4n) is 3.79. The summed E-state index contributed by atoms with van der Waals surface area (Å²) in [6.45, 7) is 0. The highest BCUT2D eigenvalue weighted by molar-refractivity contribution is 5.78. The number of hydrogen-bond donors (Lipinski definition) is 0. The molecule has 1 saturated heterocycles. The summed E-state index contributed by atoms with van der Waals surface area (Å²) in [7, 11) is 0. The van der Waals surface area contributed by atoms with Crippen LogP contribution in [0.15, 0.2) is 30.5 Å². The van der Waals surface area contributed by atoms with E-state index in [1.807, 2.05) is 6.20 Å². The maximum Gasteiger partial charge on any atom is 0.118 e. The van der Waals surface area contributed by atoms with Gasteiger partial charge in [0.2, 0.25) is 0 Å². The van der Waals surface area contributed by atoms with Gasteiger partial charge in [0.15, 0.2) is 0 Å². The van der Waals surface area contributed by atoms with Crippen LogP contribution in [0, 0.1) is 5.92 Å². The molecule has 1 aromatic heterocycles. The predicted octanol–water partition coefficient (Wildman–Crippen LogP) is 3.49. The van der Waals surface area contributed by atoms with Crippen molar-refractivity contribution in [3.63, 3.8) is 0 Å². The Morgan fingerprint density at radius 2 is 1.89 bits per heavy atom. The molecule has 1 aliphatic heterocycles. The minimum Gasteiger partial charge on any atom is -0.246 e. The van der Waals surface area contributed by atoms with Gasteiger partial charge < -0.3 is 0 Å². The largest absolute Gasteiger partial charge is 0.246 e. The molecule has 0 bridgehead atoms. The van der Waals surface area contributed by atoms with E-state index in [1.54, 1.807) is 0 Å². The zero-order valence-electron chi connectivity index (χ0n) is 11.2. The molecule has 1 aromatic carbocycles. The van der Waals surface area contributed by atoms with Crippen molar-refractivity contribution in [3.8, 4) is 0 Å². The molecule has 3 unspecified atom stereocenters. The first-order chi connectivity index (χ1) is 9.42.